The number of fused-ring (bicyclic) bond motifs is 1. The number of nitrogens with one attached hydrogen (secondary N) is 1. The van der Waals surface area contributed by atoms with Gasteiger partial charge in [-0.15, -0.1) is 0 Å². The fraction of sp³-hybridized carbons (Fsp3) is 0.133. The molecular weight excluding hydrogens is 332 g/mol. The van der Waals surface area contributed by atoms with E-state index in [0.717, 1.165) is 26.5 Å². The van der Waals surface area contributed by atoms with E-state index in [1.165, 1.54) is 0 Å². The molecule has 0 spiro atoms. The van der Waals surface area contributed by atoms with Gasteiger partial charge in [0.25, 0.3) is 0 Å². The molecule has 2 aromatic heterocycles. The number of benzene rings is 1. The first-order valence-corrected chi connectivity index (χ1v) is 7.15. The fourth-order valence-electron chi connectivity index (χ4n) is 2.21. The maximum Gasteiger partial charge on any atom is 0.223 e. The van der Waals surface area contributed by atoms with Crippen LogP contribution in [-0.2, 0) is 0 Å². The Labute approximate surface area is 130 Å². The van der Waals surface area contributed by atoms with E-state index in [0.29, 0.717) is 11.7 Å². The maximum absolute atomic E-state index is 5.47. The third-order valence-corrected chi connectivity index (χ3v) is 3.77. The molecule has 0 amide bonds. The van der Waals surface area contributed by atoms with Crippen LogP contribution < -0.4 is 10.1 Å². The molecule has 21 heavy (non-hydrogen) atoms. The molecule has 0 saturated carbocycles. The Balaban J connectivity index is 2.37. The predicted octanol–water partition coefficient (Wildman–Crippen LogP) is 3.50. The molecule has 3 rings (SSSR count). The summed E-state index contributed by atoms with van der Waals surface area (Å²) in [5.74, 6) is 1.24. The average Bonchev–Trinajstić information content (AvgIpc) is 2.54. The van der Waals surface area contributed by atoms with Crippen LogP contribution in [0.4, 0.5) is 5.95 Å². The van der Waals surface area contributed by atoms with Gasteiger partial charge in [0.1, 0.15) is 5.52 Å². The Morgan fingerprint density at radius 3 is 2.81 bits per heavy atom. The van der Waals surface area contributed by atoms with Gasteiger partial charge in [-0.3, -0.25) is 4.98 Å². The summed E-state index contributed by atoms with van der Waals surface area (Å²) in [7, 11) is 3.41. The maximum atomic E-state index is 5.47. The van der Waals surface area contributed by atoms with Gasteiger partial charge in [-0.2, -0.15) is 0 Å². The van der Waals surface area contributed by atoms with E-state index in [2.05, 4.69) is 36.2 Å². The predicted molar refractivity (Wildman–Crippen MR) is 86.6 cm³/mol. The van der Waals surface area contributed by atoms with Crippen molar-refractivity contribution in [3.63, 3.8) is 0 Å². The monoisotopic (exact) mass is 344 g/mol. The van der Waals surface area contributed by atoms with Crippen LogP contribution in [0.25, 0.3) is 22.0 Å². The average molecular weight is 345 g/mol. The van der Waals surface area contributed by atoms with Crippen LogP contribution in [0.2, 0.25) is 0 Å². The second kappa shape index (κ2) is 5.65. The number of pyridine rings is 1. The lowest BCUT2D eigenvalue weighted by molar-refractivity contribution is 0.416. The highest BCUT2D eigenvalue weighted by atomic mass is 79.9. The molecular formula is C15H13BrN4O. The molecule has 106 valence electrons. The number of ether oxygens (including phenoxy) is 1. The second-order valence-electron chi connectivity index (χ2n) is 4.39. The van der Waals surface area contributed by atoms with Gasteiger partial charge in [0.05, 0.1) is 11.6 Å². The minimum Gasteiger partial charge on any atom is -0.493 e. The van der Waals surface area contributed by atoms with Crippen molar-refractivity contribution in [3.05, 3.63) is 41.3 Å². The minimum absolute atomic E-state index is 0.552. The summed E-state index contributed by atoms with van der Waals surface area (Å²) in [5, 5.41) is 3.86. The fourth-order valence-corrected chi connectivity index (χ4v) is 2.79. The molecule has 0 aliphatic heterocycles. The Morgan fingerprint density at radius 2 is 2.14 bits per heavy atom. The number of halogens is 1. The molecule has 2 heterocycles. The first-order chi connectivity index (χ1) is 10.2. The van der Waals surface area contributed by atoms with Gasteiger partial charge in [0.15, 0.2) is 5.75 Å². The molecule has 3 aromatic rings. The number of hydrogen-bond acceptors (Lipinski definition) is 5. The Morgan fingerprint density at radius 1 is 1.29 bits per heavy atom. The van der Waals surface area contributed by atoms with Gasteiger partial charge in [0.2, 0.25) is 5.95 Å². The van der Waals surface area contributed by atoms with Gasteiger partial charge in [-0.25, -0.2) is 9.97 Å². The number of nitrogens with zero attached hydrogens (tertiary/aromatic N) is 3. The molecule has 0 atom stereocenters. The Bertz CT molecular complexity index is 793. The molecule has 0 radical (unpaired) electrons. The highest BCUT2D eigenvalue weighted by molar-refractivity contribution is 9.10. The highest BCUT2D eigenvalue weighted by Gasteiger charge is 2.15. The van der Waals surface area contributed by atoms with Crippen LogP contribution in [0.5, 0.6) is 5.75 Å². The lowest BCUT2D eigenvalue weighted by atomic mass is 10.0. The van der Waals surface area contributed by atoms with Crippen molar-refractivity contribution >= 4 is 32.8 Å². The topological polar surface area (TPSA) is 59.9 Å². The van der Waals surface area contributed by atoms with Crippen molar-refractivity contribution in [2.45, 2.75) is 0 Å². The summed E-state index contributed by atoms with van der Waals surface area (Å²) < 4.78 is 6.31. The summed E-state index contributed by atoms with van der Waals surface area (Å²) >= 11 is 3.55. The van der Waals surface area contributed by atoms with Gasteiger partial charge >= 0.3 is 0 Å². The molecule has 5 nitrogen and oxygen atoms in total. The summed E-state index contributed by atoms with van der Waals surface area (Å²) in [5.41, 5.74) is 2.77. The summed E-state index contributed by atoms with van der Waals surface area (Å²) in [6, 6.07) is 5.91. The number of aromatic nitrogens is 3. The van der Waals surface area contributed by atoms with Crippen molar-refractivity contribution in [1.29, 1.82) is 0 Å². The van der Waals surface area contributed by atoms with Crippen molar-refractivity contribution in [3.8, 4) is 16.9 Å². The Hall–Kier alpha value is -2.21. The first kappa shape index (κ1) is 13.8. The van der Waals surface area contributed by atoms with Crippen molar-refractivity contribution in [2.75, 3.05) is 19.5 Å². The zero-order valence-electron chi connectivity index (χ0n) is 11.6. The van der Waals surface area contributed by atoms with Crippen molar-refractivity contribution in [2.24, 2.45) is 0 Å². The van der Waals surface area contributed by atoms with Crippen LogP contribution in [0, 0.1) is 0 Å². The molecule has 1 N–H and O–H groups in total. The number of rotatable bonds is 3. The number of anilines is 1. The highest BCUT2D eigenvalue weighted by Crippen LogP contribution is 2.39. The number of methoxy groups -OCH3 is 1. The SMILES string of the molecule is CNc1ncc2c(-c3cccnc3)cc(Br)c(OC)c2n1. The van der Waals surface area contributed by atoms with Gasteiger partial charge in [-0.1, -0.05) is 6.07 Å². The second-order valence-corrected chi connectivity index (χ2v) is 5.24. The molecule has 1 aromatic carbocycles. The van der Waals surface area contributed by atoms with Crippen LogP contribution in [0.15, 0.2) is 41.3 Å². The summed E-state index contributed by atoms with van der Waals surface area (Å²) in [6.45, 7) is 0. The van der Waals surface area contributed by atoms with E-state index >= 15 is 0 Å². The standard InChI is InChI=1S/C15H13BrN4O/c1-17-15-19-8-11-10(9-4-3-5-18-7-9)6-12(16)14(21-2)13(11)20-15/h3-8H,1-2H3,(H,17,19,20). The largest absolute Gasteiger partial charge is 0.493 e. The van der Waals surface area contributed by atoms with Gasteiger partial charge in [0, 0.05) is 36.6 Å². The smallest absolute Gasteiger partial charge is 0.223 e. The molecule has 0 aliphatic rings. The number of hydrogen-bond donors (Lipinski definition) is 1. The van der Waals surface area contributed by atoms with Crippen LogP contribution >= 0.6 is 15.9 Å². The first-order valence-electron chi connectivity index (χ1n) is 6.36. The van der Waals surface area contributed by atoms with Crippen molar-refractivity contribution in [1.82, 2.24) is 15.0 Å². The summed E-state index contributed by atoms with van der Waals surface area (Å²) in [6.07, 6.45) is 5.37. The Kier molecular flexibility index (Phi) is 3.70. The molecule has 0 aliphatic carbocycles. The van der Waals surface area contributed by atoms with E-state index in [-0.39, 0.29) is 0 Å². The van der Waals surface area contributed by atoms with Crippen LogP contribution in [-0.4, -0.2) is 29.1 Å². The lowest BCUT2D eigenvalue weighted by Gasteiger charge is -2.12. The minimum atomic E-state index is 0.552. The lowest BCUT2D eigenvalue weighted by Crippen LogP contribution is -1.99. The van der Waals surface area contributed by atoms with E-state index in [9.17, 15) is 0 Å². The van der Waals surface area contributed by atoms with Crippen molar-refractivity contribution < 1.29 is 4.74 Å². The quantitative estimate of drug-likeness (QED) is 0.787. The van der Waals surface area contributed by atoms with E-state index in [1.54, 1.807) is 26.6 Å². The normalized spacial score (nSPS) is 10.6. The van der Waals surface area contributed by atoms with Gasteiger partial charge < -0.3 is 10.1 Å². The molecule has 0 bridgehead atoms. The van der Waals surface area contributed by atoms with E-state index < -0.39 is 0 Å². The zero-order valence-corrected chi connectivity index (χ0v) is 13.2. The molecule has 0 fully saturated rings. The van der Waals surface area contributed by atoms with Crippen LogP contribution in [0.1, 0.15) is 0 Å². The molecule has 6 heteroatoms. The van der Waals surface area contributed by atoms with E-state index in [1.807, 2.05) is 24.4 Å². The zero-order chi connectivity index (χ0) is 14.8. The molecule has 0 saturated heterocycles. The van der Waals surface area contributed by atoms with Gasteiger partial charge in [-0.05, 0) is 33.6 Å². The van der Waals surface area contributed by atoms with Crippen LogP contribution in [0.3, 0.4) is 0 Å². The summed E-state index contributed by atoms with van der Waals surface area (Å²) in [4.78, 5) is 13.0. The van der Waals surface area contributed by atoms with E-state index in [4.69, 9.17) is 4.74 Å². The third kappa shape index (κ3) is 2.42. The molecule has 0 unspecified atom stereocenters. The third-order valence-electron chi connectivity index (χ3n) is 3.18.